The largest absolute Gasteiger partial charge is 0.487 e. The van der Waals surface area contributed by atoms with Crippen LogP contribution in [0.15, 0.2) is 27.4 Å². The first kappa shape index (κ1) is 24.4. The zero-order valence-corrected chi connectivity index (χ0v) is 18.1. The normalized spacial score (nSPS) is 16.6. The average molecular weight is 453 g/mol. The second kappa shape index (κ2) is 13.4. The molecule has 1 aromatic heterocycles. The van der Waals surface area contributed by atoms with E-state index in [4.69, 9.17) is 28.1 Å². The summed E-state index contributed by atoms with van der Waals surface area (Å²) in [5.74, 6) is 0.766. The molecule has 2 aromatic rings. The number of benzene rings is 1. The van der Waals surface area contributed by atoms with Gasteiger partial charge in [-0.15, -0.1) is 0 Å². The molecule has 0 atom stereocenters. The van der Waals surface area contributed by atoms with Gasteiger partial charge in [-0.3, -0.25) is 4.90 Å². The van der Waals surface area contributed by atoms with Gasteiger partial charge in [-0.2, -0.15) is 0 Å². The fourth-order valence-corrected chi connectivity index (χ4v) is 3.38. The van der Waals surface area contributed by atoms with Gasteiger partial charge in [-0.1, -0.05) is 0 Å². The minimum atomic E-state index is -0.523. The van der Waals surface area contributed by atoms with E-state index >= 15 is 0 Å². The third-order valence-electron chi connectivity index (χ3n) is 4.85. The number of aliphatic hydroxyl groups excluding tert-OH is 2. The maximum Gasteiger partial charge on any atom is 0.336 e. The molecule has 0 aliphatic carbocycles. The monoisotopic (exact) mass is 453 g/mol. The molecule has 1 aromatic carbocycles. The molecule has 0 amide bonds. The molecule has 0 spiro atoms. The number of aliphatic hydroxyl groups is 2. The van der Waals surface area contributed by atoms with Crippen LogP contribution in [0.25, 0.3) is 11.0 Å². The van der Waals surface area contributed by atoms with Crippen molar-refractivity contribution in [3.05, 3.63) is 34.2 Å². The highest BCUT2D eigenvalue weighted by molar-refractivity contribution is 5.88. The summed E-state index contributed by atoms with van der Waals surface area (Å²) in [5.41, 5.74) is 0.466. The summed E-state index contributed by atoms with van der Waals surface area (Å²) in [7, 11) is 0. The lowest BCUT2D eigenvalue weighted by atomic mass is 10.1. The maximum atomic E-state index is 12.3. The first-order chi connectivity index (χ1) is 15.7. The molecule has 10 heteroatoms. The number of nitrogens with zero attached hydrogens (tertiary/aromatic N) is 1. The first-order valence-electron chi connectivity index (χ1n) is 10.8. The summed E-state index contributed by atoms with van der Waals surface area (Å²) < 4.78 is 33.7. The van der Waals surface area contributed by atoms with Gasteiger partial charge in [-0.25, -0.2) is 4.79 Å². The summed E-state index contributed by atoms with van der Waals surface area (Å²) in [4.78, 5) is 14.2. The predicted octanol–water partition coefficient (Wildman–Crippen LogP) is 0.401. The van der Waals surface area contributed by atoms with E-state index in [-0.39, 0.29) is 25.4 Å². The Hall–Kier alpha value is -2.21. The maximum absolute atomic E-state index is 12.3. The number of hydrogen-bond acceptors (Lipinski definition) is 10. The van der Waals surface area contributed by atoms with Crippen molar-refractivity contribution in [2.45, 2.75) is 6.54 Å². The molecule has 2 N–H and O–H groups in total. The minimum Gasteiger partial charge on any atom is -0.487 e. The molecule has 0 unspecified atom stereocenters. The Balaban J connectivity index is 1.91. The molecule has 1 aliphatic heterocycles. The van der Waals surface area contributed by atoms with Crippen molar-refractivity contribution < 1.29 is 38.3 Å². The second-order valence-corrected chi connectivity index (χ2v) is 7.12. The molecule has 0 fully saturated rings. The van der Waals surface area contributed by atoms with Crippen molar-refractivity contribution in [2.75, 3.05) is 79.2 Å². The summed E-state index contributed by atoms with van der Waals surface area (Å²) >= 11 is 0. The van der Waals surface area contributed by atoms with Crippen LogP contribution < -0.4 is 15.1 Å². The van der Waals surface area contributed by atoms with Crippen LogP contribution >= 0.6 is 0 Å². The molecular weight excluding hydrogens is 422 g/mol. The van der Waals surface area contributed by atoms with Gasteiger partial charge in [0.1, 0.15) is 13.2 Å². The summed E-state index contributed by atoms with van der Waals surface area (Å²) in [6.45, 7) is 4.07. The van der Waals surface area contributed by atoms with E-state index in [9.17, 15) is 15.0 Å². The fraction of sp³-hybridized carbons (Fsp3) is 0.591. The molecule has 0 bridgehead atoms. The Morgan fingerprint density at radius 2 is 1.41 bits per heavy atom. The van der Waals surface area contributed by atoms with Gasteiger partial charge in [0.2, 0.25) is 5.75 Å². The van der Waals surface area contributed by atoms with Gasteiger partial charge in [-0.05, 0) is 17.7 Å². The molecule has 1 aliphatic rings. The number of ether oxygens (including phenoxy) is 5. The lowest BCUT2D eigenvalue weighted by Gasteiger charge is -2.21. The third kappa shape index (κ3) is 7.16. The van der Waals surface area contributed by atoms with Crippen LogP contribution in [0, 0.1) is 0 Å². The zero-order chi connectivity index (χ0) is 22.6. The van der Waals surface area contributed by atoms with Gasteiger partial charge in [0, 0.05) is 31.1 Å². The lowest BCUT2D eigenvalue weighted by Crippen LogP contribution is -2.29. The summed E-state index contributed by atoms with van der Waals surface area (Å²) in [6.07, 6.45) is 0. The van der Waals surface area contributed by atoms with Crippen molar-refractivity contribution in [3.63, 3.8) is 0 Å². The van der Waals surface area contributed by atoms with E-state index in [1.54, 1.807) is 6.07 Å². The van der Waals surface area contributed by atoms with Crippen molar-refractivity contribution >= 4 is 11.0 Å². The molecule has 0 saturated carbocycles. The van der Waals surface area contributed by atoms with Gasteiger partial charge in [0.25, 0.3) is 0 Å². The Labute approximate surface area is 186 Å². The van der Waals surface area contributed by atoms with Gasteiger partial charge in [0.05, 0.1) is 52.9 Å². The molecule has 0 saturated heterocycles. The summed E-state index contributed by atoms with van der Waals surface area (Å²) in [6, 6.07) is 5.00. The molecule has 2 heterocycles. The highest BCUT2D eigenvalue weighted by Gasteiger charge is 2.18. The second-order valence-electron chi connectivity index (χ2n) is 7.12. The Bertz CT molecular complexity index is 880. The van der Waals surface area contributed by atoms with Crippen LogP contribution in [0.2, 0.25) is 0 Å². The van der Waals surface area contributed by atoms with E-state index in [1.807, 2.05) is 11.0 Å². The molecule has 32 heavy (non-hydrogen) atoms. The third-order valence-corrected chi connectivity index (χ3v) is 4.85. The Kier molecular flexibility index (Phi) is 10.2. The fourth-order valence-electron chi connectivity index (χ4n) is 3.38. The number of rotatable bonds is 6. The van der Waals surface area contributed by atoms with E-state index in [0.717, 1.165) is 0 Å². The predicted molar refractivity (Wildman–Crippen MR) is 115 cm³/mol. The molecular formula is C22H31NO9. The van der Waals surface area contributed by atoms with Crippen molar-refractivity contribution in [2.24, 2.45) is 0 Å². The van der Waals surface area contributed by atoms with Crippen LogP contribution in [-0.2, 0) is 20.8 Å². The quantitative estimate of drug-likeness (QED) is 0.595. The Morgan fingerprint density at radius 3 is 2.03 bits per heavy atom. The topological polar surface area (TPSA) is 120 Å². The van der Waals surface area contributed by atoms with Crippen molar-refractivity contribution in [3.8, 4) is 11.5 Å². The van der Waals surface area contributed by atoms with Crippen LogP contribution in [0.4, 0.5) is 0 Å². The number of fused-ring (bicyclic) bond motifs is 3. The van der Waals surface area contributed by atoms with Crippen LogP contribution in [0.5, 0.6) is 11.5 Å². The number of hydrogen-bond donors (Lipinski definition) is 2. The average Bonchev–Trinajstić information content (AvgIpc) is 2.78. The Morgan fingerprint density at radius 1 is 0.812 bits per heavy atom. The standard InChI is InChI=1S/C22H31NO9/c24-5-3-23(4-6-25)16-17-15-20(26)32-21-18(17)1-2-19-22(21)31-14-12-29-10-8-27-7-9-28-11-13-30-19/h1-2,15,24-25H,3-14,16H2. The van der Waals surface area contributed by atoms with E-state index < -0.39 is 5.63 Å². The molecule has 0 radical (unpaired) electrons. The first-order valence-corrected chi connectivity index (χ1v) is 10.8. The minimum absolute atomic E-state index is 0.0567. The van der Waals surface area contributed by atoms with Crippen molar-refractivity contribution in [1.29, 1.82) is 0 Å². The molecule has 3 rings (SSSR count). The van der Waals surface area contributed by atoms with Gasteiger partial charge < -0.3 is 38.3 Å². The highest BCUT2D eigenvalue weighted by Crippen LogP contribution is 2.36. The molecule has 178 valence electrons. The SMILES string of the molecule is O=c1cc(CN(CCO)CCO)c2ccc3c(c2o1)OCCOCCOCCOCCO3. The molecule has 10 nitrogen and oxygen atoms in total. The van der Waals surface area contributed by atoms with Crippen molar-refractivity contribution in [1.82, 2.24) is 4.90 Å². The van der Waals surface area contributed by atoms with E-state index in [1.165, 1.54) is 6.07 Å². The van der Waals surface area contributed by atoms with E-state index in [2.05, 4.69) is 0 Å². The van der Waals surface area contributed by atoms with Crippen LogP contribution in [-0.4, -0.2) is 94.3 Å². The smallest absolute Gasteiger partial charge is 0.336 e. The zero-order valence-electron chi connectivity index (χ0n) is 18.1. The van der Waals surface area contributed by atoms with Gasteiger partial charge in [0.15, 0.2) is 11.3 Å². The summed E-state index contributed by atoms with van der Waals surface area (Å²) in [5, 5.41) is 19.3. The van der Waals surface area contributed by atoms with Crippen LogP contribution in [0.3, 0.4) is 0 Å². The van der Waals surface area contributed by atoms with E-state index in [0.29, 0.717) is 88.3 Å². The van der Waals surface area contributed by atoms with Crippen LogP contribution in [0.1, 0.15) is 5.56 Å². The highest BCUT2D eigenvalue weighted by atomic mass is 16.6. The van der Waals surface area contributed by atoms with Gasteiger partial charge >= 0.3 is 5.63 Å². The lowest BCUT2D eigenvalue weighted by molar-refractivity contribution is 0.00709.